The zero-order valence-corrected chi connectivity index (χ0v) is 12.8. The van der Waals surface area contributed by atoms with Crippen molar-refractivity contribution in [1.82, 2.24) is 0 Å². The summed E-state index contributed by atoms with van der Waals surface area (Å²) >= 11 is 1.11. The summed E-state index contributed by atoms with van der Waals surface area (Å²) in [6.45, 7) is 1.48. The molecule has 2 aromatic carbocycles. The van der Waals surface area contributed by atoms with Crippen molar-refractivity contribution in [2.75, 3.05) is 10.6 Å². The molecule has 1 aliphatic rings. The fraction of sp³-hybridized carbons (Fsp3) is 0.125. The molecule has 2 amide bonds. The van der Waals surface area contributed by atoms with Crippen molar-refractivity contribution in [3.8, 4) is 0 Å². The standard InChI is InChI=1S/C16H12F2N2O2S/c1-16(14(21)19-9-6-7-10(17)11(18)8-9)15(22)20-12-4-2-3-5-13(12)23-16/h2-8H,1H3,(H,19,21)(H,20,22). The van der Waals surface area contributed by atoms with Gasteiger partial charge in [-0.25, -0.2) is 8.78 Å². The molecule has 2 aromatic rings. The van der Waals surface area contributed by atoms with Gasteiger partial charge >= 0.3 is 0 Å². The van der Waals surface area contributed by atoms with Crippen LogP contribution in [0.2, 0.25) is 0 Å². The SMILES string of the molecule is CC1(C(=O)Nc2ccc(F)c(F)c2)Sc2ccccc2NC1=O. The monoisotopic (exact) mass is 334 g/mol. The number of hydrogen-bond acceptors (Lipinski definition) is 3. The molecule has 23 heavy (non-hydrogen) atoms. The molecule has 0 aromatic heterocycles. The van der Waals surface area contributed by atoms with Gasteiger partial charge in [-0.1, -0.05) is 23.9 Å². The van der Waals surface area contributed by atoms with E-state index in [-0.39, 0.29) is 5.69 Å². The van der Waals surface area contributed by atoms with Crippen LogP contribution in [0, 0.1) is 11.6 Å². The van der Waals surface area contributed by atoms with E-state index in [4.69, 9.17) is 0 Å². The number of fused-ring (bicyclic) bond motifs is 1. The summed E-state index contributed by atoms with van der Waals surface area (Å²) in [7, 11) is 0. The smallest absolute Gasteiger partial charge is 0.250 e. The maximum Gasteiger partial charge on any atom is 0.250 e. The summed E-state index contributed by atoms with van der Waals surface area (Å²) in [5, 5.41) is 5.14. The summed E-state index contributed by atoms with van der Waals surface area (Å²) in [4.78, 5) is 25.6. The van der Waals surface area contributed by atoms with Crippen LogP contribution in [0.15, 0.2) is 47.4 Å². The fourth-order valence-electron chi connectivity index (χ4n) is 2.14. The van der Waals surface area contributed by atoms with Crippen molar-refractivity contribution in [3.05, 3.63) is 54.1 Å². The van der Waals surface area contributed by atoms with E-state index in [1.165, 1.54) is 13.0 Å². The lowest BCUT2D eigenvalue weighted by Crippen LogP contribution is -2.49. The van der Waals surface area contributed by atoms with E-state index in [1.54, 1.807) is 24.3 Å². The predicted octanol–water partition coefficient (Wildman–Crippen LogP) is 3.41. The topological polar surface area (TPSA) is 58.2 Å². The maximum atomic E-state index is 13.2. The molecule has 1 aliphatic heterocycles. The summed E-state index contributed by atoms with van der Waals surface area (Å²) in [6.07, 6.45) is 0. The van der Waals surface area contributed by atoms with E-state index in [0.717, 1.165) is 28.8 Å². The number of rotatable bonds is 2. The molecule has 0 bridgehead atoms. The first-order valence-corrected chi connectivity index (χ1v) is 7.58. The minimum Gasteiger partial charge on any atom is -0.324 e. The minimum absolute atomic E-state index is 0.0855. The van der Waals surface area contributed by atoms with Gasteiger partial charge in [0.25, 0.3) is 0 Å². The minimum atomic E-state index is -1.42. The molecule has 118 valence electrons. The zero-order valence-electron chi connectivity index (χ0n) is 12.0. The first-order chi connectivity index (χ1) is 10.9. The normalized spacial score (nSPS) is 19.7. The van der Waals surface area contributed by atoms with Gasteiger partial charge in [0.15, 0.2) is 16.4 Å². The number of halogens is 2. The Kier molecular flexibility index (Phi) is 3.81. The van der Waals surface area contributed by atoms with Crippen molar-refractivity contribution in [2.24, 2.45) is 0 Å². The highest BCUT2D eigenvalue weighted by molar-refractivity contribution is 8.02. The molecule has 7 heteroatoms. The molecule has 2 N–H and O–H groups in total. The molecular weight excluding hydrogens is 322 g/mol. The molecular formula is C16H12F2N2O2S. The van der Waals surface area contributed by atoms with Gasteiger partial charge in [-0.05, 0) is 31.2 Å². The average molecular weight is 334 g/mol. The van der Waals surface area contributed by atoms with Gasteiger partial charge in [-0.3, -0.25) is 9.59 Å². The van der Waals surface area contributed by atoms with Crippen LogP contribution in [0.4, 0.5) is 20.2 Å². The first-order valence-electron chi connectivity index (χ1n) is 6.76. The Morgan fingerprint density at radius 2 is 1.91 bits per heavy atom. The van der Waals surface area contributed by atoms with Gasteiger partial charge in [0.1, 0.15) is 0 Å². The van der Waals surface area contributed by atoms with Crippen LogP contribution >= 0.6 is 11.8 Å². The molecule has 1 atom stereocenters. The van der Waals surface area contributed by atoms with Gasteiger partial charge in [0, 0.05) is 16.6 Å². The molecule has 0 radical (unpaired) electrons. The molecule has 0 spiro atoms. The number of carbonyl (C=O) groups is 2. The highest BCUT2D eigenvalue weighted by Crippen LogP contribution is 2.42. The highest BCUT2D eigenvalue weighted by Gasteiger charge is 2.45. The lowest BCUT2D eigenvalue weighted by atomic mass is 10.1. The number of nitrogens with one attached hydrogen (secondary N) is 2. The van der Waals surface area contributed by atoms with Crippen LogP contribution in [0.1, 0.15) is 6.92 Å². The third kappa shape index (κ3) is 2.79. The van der Waals surface area contributed by atoms with Crippen molar-refractivity contribution in [3.63, 3.8) is 0 Å². The van der Waals surface area contributed by atoms with Crippen LogP contribution in [-0.2, 0) is 9.59 Å². The molecule has 1 heterocycles. The molecule has 0 saturated heterocycles. The quantitative estimate of drug-likeness (QED) is 0.828. The fourth-order valence-corrected chi connectivity index (χ4v) is 3.24. The van der Waals surface area contributed by atoms with Crippen molar-refractivity contribution in [1.29, 1.82) is 0 Å². The molecule has 4 nitrogen and oxygen atoms in total. The second kappa shape index (κ2) is 5.66. The van der Waals surface area contributed by atoms with Crippen LogP contribution in [-0.4, -0.2) is 16.6 Å². The Balaban J connectivity index is 1.86. The Morgan fingerprint density at radius 1 is 1.17 bits per heavy atom. The van der Waals surface area contributed by atoms with E-state index < -0.39 is 28.2 Å². The van der Waals surface area contributed by atoms with Crippen LogP contribution in [0.3, 0.4) is 0 Å². The van der Waals surface area contributed by atoms with Crippen molar-refractivity contribution in [2.45, 2.75) is 16.6 Å². The summed E-state index contributed by atoms with van der Waals surface area (Å²) < 4.78 is 24.8. The van der Waals surface area contributed by atoms with Gasteiger partial charge in [-0.2, -0.15) is 0 Å². The van der Waals surface area contributed by atoms with E-state index in [2.05, 4.69) is 10.6 Å². The van der Waals surface area contributed by atoms with E-state index >= 15 is 0 Å². The van der Waals surface area contributed by atoms with Gasteiger partial charge in [0.05, 0.1) is 5.69 Å². The number of para-hydroxylation sites is 1. The summed E-state index contributed by atoms with van der Waals surface area (Å²) in [6, 6.07) is 10.1. The third-order valence-electron chi connectivity index (χ3n) is 3.49. The van der Waals surface area contributed by atoms with Crippen molar-refractivity contribution >= 4 is 35.0 Å². The molecule has 0 aliphatic carbocycles. The third-order valence-corrected chi connectivity index (χ3v) is 4.85. The number of anilines is 2. The predicted molar refractivity (Wildman–Crippen MR) is 84.3 cm³/mol. The van der Waals surface area contributed by atoms with E-state index in [0.29, 0.717) is 5.69 Å². The lowest BCUT2D eigenvalue weighted by Gasteiger charge is -2.31. The summed E-state index contributed by atoms with van der Waals surface area (Å²) in [5.74, 6) is -3.16. The second-order valence-electron chi connectivity index (χ2n) is 5.17. The Bertz CT molecular complexity index is 812. The second-order valence-corrected chi connectivity index (χ2v) is 6.63. The first kappa shape index (κ1) is 15.5. The molecule has 0 fully saturated rings. The molecule has 1 unspecified atom stereocenters. The van der Waals surface area contributed by atoms with Crippen LogP contribution < -0.4 is 10.6 Å². The number of hydrogen-bond donors (Lipinski definition) is 2. The van der Waals surface area contributed by atoms with Crippen molar-refractivity contribution < 1.29 is 18.4 Å². The van der Waals surface area contributed by atoms with Gasteiger partial charge < -0.3 is 10.6 Å². The van der Waals surface area contributed by atoms with E-state index in [1.807, 2.05) is 0 Å². The number of amides is 2. The van der Waals surface area contributed by atoms with Crippen LogP contribution in [0.5, 0.6) is 0 Å². The lowest BCUT2D eigenvalue weighted by molar-refractivity contribution is -0.126. The van der Waals surface area contributed by atoms with Gasteiger partial charge in [0.2, 0.25) is 11.8 Å². The number of benzene rings is 2. The molecule has 0 saturated carbocycles. The van der Waals surface area contributed by atoms with Gasteiger partial charge in [-0.15, -0.1) is 0 Å². The van der Waals surface area contributed by atoms with Crippen LogP contribution in [0.25, 0.3) is 0 Å². The number of carbonyl (C=O) groups excluding carboxylic acids is 2. The highest BCUT2D eigenvalue weighted by atomic mass is 32.2. The Hall–Kier alpha value is -2.41. The Morgan fingerprint density at radius 3 is 2.65 bits per heavy atom. The summed E-state index contributed by atoms with van der Waals surface area (Å²) in [5.41, 5.74) is 0.725. The number of thioether (sulfide) groups is 1. The molecule has 3 rings (SSSR count). The largest absolute Gasteiger partial charge is 0.324 e. The maximum absolute atomic E-state index is 13.2. The van der Waals surface area contributed by atoms with E-state index in [9.17, 15) is 18.4 Å². The average Bonchev–Trinajstić information content (AvgIpc) is 2.52. The zero-order chi connectivity index (χ0) is 16.6. The Labute approximate surface area is 135 Å².